The average Bonchev–Trinajstić information content (AvgIpc) is 4.00. The zero-order chi connectivity index (χ0) is 49.9. The van der Waals surface area contributed by atoms with Crippen molar-refractivity contribution in [3.8, 4) is 11.5 Å². The number of aromatic hydroxyl groups is 1. The number of carbonyl (C=O) groups excluding carboxylic acids is 7. The third-order valence-corrected chi connectivity index (χ3v) is 13.1. The van der Waals surface area contributed by atoms with Gasteiger partial charge in [0.1, 0.15) is 47.8 Å². The molecule has 2 aromatic rings. The smallest absolute Gasteiger partial charge is 0.251 e. The van der Waals surface area contributed by atoms with Gasteiger partial charge in [0, 0.05) is 31.2 Å². The number of amides is 7. The Morgan fingerprint density at radius 1 is 0.783 bits per heavy atom. The Balaban J connectivity index is 1.39. The predicted molar refractivity (Wildman–Crippen MR) is 258 cm³/mol. The van der Waals surface area contributed by atoms with Gasteiger partial charge >= 0.3 is 0 Å². The van der Waals surface area contributed by atoms with Crippen molar-refractivity contribution >= 4 is 41.4 Å². The maximum absolute atomic E-state index is 14.3. The van der Waals surface area contributed by atoms with E-state index in [1.807, 2.05) is 0 Å². The molecule has 2 aromatic carbocycles. The second-order valence-corrected chi connectivity index (χ2v) is 18.6. The van der Waals surface area contributed by atoms with Crippen LogP contribution in [0.3, 0.4) is 0 Å². The first-order valence-corrected chi connectivity index (χ1v) is 25.0. The molecule has 3 aliphatic rings. The number of nitrogens with two attached hydrogens (primary N) is 2. The van der Waals surface area contributed by atoms with Gasteiger partial charge in [-0.25, -0.2) is 0 Å². The Bertz CT molecular complexity index is 2020. The summed E-state index contributed by atoms with van der Waals surface area (Å²) in [7, 11) is 0. The third kappa shape index (κ3) is 16.1. The molecule has 19 heteroatoms. The quantitative estimate of drug-likeness (QED) is 0.102. The minimum absolute atomic E-state index is 0.0527. The number of aliphatic hydroxyl groups excluding tert-OH is 1. The van der Waals surface area contributed by atoms with Crippen LogP contribution in [0.2, 0.25) is 0 Å². The number of fused-ring (bicyclic) bond motifs is 2. The molecule has 3 aliphatic heterocycles. The number of aryl methyl sites for hydroxylation is 1. The molecular weight excluding hydrogens is 887 g/mol. The van der Waals surface area contributed by atoms with Gasteiger partial charge in [-0.3, -0.25) is 33.6 Å². The van der Waals surface area contributed by atoms with Crippen molar-refractivity contribution in [2.75, 3.05) is 32.8 Å². The number of hydrogen-bond acceptors (Lipinski definition) is 12. The molecule has 0 aromatic heterocycles. The Morgan fingerprint density at radius 2 is 1.49 bits per heavy atom. The Labute approximate surface area is 405 Å². The molecule has 0 bridgehead atoms. The summed E-state index contributed by atoms with van der Waals surface area (Å²) in [5.41, 5.74) is 13.2. The molecule has 19 nitrogen and oxygen atoms in total. The first-order valence-electron chi connectivity index (χ1n) is 25.0. The van der Waals surface area contributed by atoms with E-state index in [9.17, 15) is 43.8 Å². The lowest BCUT2D eigenvalue weighted by Gasteiger charge is -2.32. The van der Waals surface area contributed by atoms with E-state index in [-0.39, 0.29) is 76.0 Å². The number of nitrogens with zero attached hydrogens (tertiary/aromatic N) is 2. The van der Waals surface area contributed by atoms with E-state index in [1.54, 1.807) is 36.4 Å². The van der Waals surface area contributed by atoms with Gasteiger partial charge < -0.3 is 62.8 Å². The van der Waals surface area contributed by atoms with Crippen LogP contribution in [0, 0.1) is 0 Å². The topological polar surface area (TPSA) is 288 Å². The van der Waals surface area contributed by atoms with Gasteiger partial charge in [0.2, 0.25) is 35.4 Å². The SMILES string of the molecule is CCCCCCCCOc1ccc(C(=O)N[C@H]2CCCCNC(=O)[C@@H]3CC(N)CN3C(=O)[C@H](CCCN)NC(=O)[C@H](CCc3ccc(O)cc3)NC(=O)[C@@H]3CCCN3C(=O)[C@H](C(C)O)NC2=O)cc1. The highest BCUT2D eigenvalue weighted by atomic mass is 16.5. The van der Waals surface area contributed by atoms with Crippen LogP contribution in [-0.4, -0.2) is 143 Å². The first-order chi connectivity index (χ1) is 33.2. The van der Waals surface area contributed by atoms with Gasteiger partial charge in [-0.05, 0) is 126 Å². The van der Waals surface area contributed by atoms with Crippen molar-refractivity contribution in [1.82, 2.24) is 36.4 Å². The molecule has 3 heterocycles. The molecule has 0 radical (unpaired) electrons. The Hall–Kier alpha value is -5.79. The van der Waals surface area contributed by atoms with Gasteiger partial charge in [0.05, 0.1) is 12.7 Å². The van der Waals surface area contributed by atoms with Crippen LogP contribution in [-0.2, 0) is 35.2 Å². The van der Waals surface area contributed by atoms with Crippen molar-refractivity contribution in [2.45, 2.75) is 165 Å². The molecule has 5 rings (SSSR count). The fourth-order valence-electron chi connectivity index (χ4n) is 9.14. The zero-order valence-corrected chi connectivity index (χ0v) is 40.3. The van der Waals surface area contributed by atoms with E-state index in [0.29, 0.717) is 38.0 Å². The van der Waals surface area contributed by atoms with Crippen LogP contribution >= 0.6 is 0 Å². The highest BCUT2D eigenvalue weighted by Gasteiger charge is 2.43. The minimum atomic E-state index is -1.51. The minimum Gasteiger partial charge on any atom is -0.508 e. The molecule has 3 saturated heterocycles. The molecule has 0 saturated carbocycles. The Kier molecular flexibility index (Phi) is 21.5. The fraction of sp³-hybridized carbons (Fsp3) is 0.620. The summed E-state index contributed by atoms with van der Waals surface area (Å²) < 4.78 is 5.88. The number of nitrogens with one attached hydrogen (secondary N) is 5. The molecule has 2 unspecified atom stereocenters. The van der Waals surface area contributed by atoms with Crippen LogP contribution < -0.4 is 42.8 Å². The zero-order valence-electron chi connectivity index (χ0n) is 40.3. The van der Waals surface area contributed by atoms with Crippen molar-refractivity contribution in [2.24, 2.45) is 11.5 Å². The maximum Gasteiger partial charge on any atom is 0.251 e. The second-order valence-electron chi connectivity index (χ2n) is 18.6. The Morgan fingerprint density at radius 3 is 2.20 bits per heavy atom. The lowest BCUT2D eigenvalue weighted by molar-refractivity contribution is -0.145. The van der Waals surface area contributed by atoms with E-state index in [0.717, 1.165) is 24.8 Å². The molecule has 69 heavy (non-hydrogen) atoms. The molecule has 380 valence electrons. The molecule has 0 spiro atoms. The third-order valence-electron chi connectivity index (χ3n) is 13.1. The number of aliphatic hydroxyl groups is 1. The van der Waals surface area contributed by atoms with Gasteiger partial charge in [-0.2, -0.15) is 0 Å². The summed E-state index contributed by atoms with van der Waals surface area (Å²) in [6, 6.07) is 5.42. The van der Waals surface area contributed by atoms with E-state index in [4.69, 9.17) is 16.2 Å². The molecule has 11 N–H and O–H groups in total. The number of phenolic OH excluding ortho intramolecular Hbond substituents is 1. The van der Waals surface area contributed by atoms with Crippen LogP contribution in [0.15, 0.2) is 48.5 Å². The number of phenols is 1. The number of unbranched alkanes of at least 4 members (excludes halogenated alkanes) is 5. The number of carbonyl (C=O) groups is 7. The van der Waals surface area contributed by atoms with Crippen LogP contribution in [0.5, 0.6) is 11.5 Å². The summed E-state index contributed by atoms with van der Waals surface area (Å²) in [6.45, 7) is 4.64. The molecule has 7 amide bonds. The lowest BCUT2D eigenvalue weighted by atomic mass is 10.0. The first kappa shape index (κ1) is 54.2. The average molecular weight is 962 g/mol. The normalized spacial score (nSPS) is 25.0. The van der Waals surface area contributed by atoms with E-state index >= 15 is 0 Å². The van der Waals surface area contributed by atoms with Crippen molar-refractivity contribution in [3.63, 3.8) is 0 Å². The summed E-state index contributed by atoms with van der Waals surface area (Å²) in [6.07, 6.45) is 7.79. The van der Waals surface area contributed by atoms with E-state index < -0.39 is 89.7 Å². The number of rotatable bonds is 17. The maximum atomic E-state index is 14.3. The van der Waals surface area contributed by atoms with E-state index in [2.05, 4.69) is 33.5 Å². The van der Waals surface area contributed by atoms with Gasteiger partial charge in [0.15, 0.2) is 0 Å². The second kappa shape index (κ2) is 27.4. The van der Waals surface area contributed by atoms with Crippen molar-refractivity contribution < 1.29 is 48.5 Å². The van der Waals surface area contributed by atoms with Crippen LogP contribution in [0.4, 0.5) is 0 Å². The van der Waals surface area contributed by atoms with Gasteiger partial charge in [0.25, 0.3) is 5.91 Å². The highest BCUT2D eigenvalue weighted by molar-refractivity contribution is 6.00. The van der Waals surface area contributed by atoms with Gasteiger partial charge in [-0.15, -0.1) is 0 Å². The lowest BCUT2D eigenvalue weighted by Crippen LogP contribution is -2.61. The molecule has 0 aliphatic carbocycles. The summed E-state index contributed by atoms with van der Waals surface area (Å²) in [5, 5.41) is 34.8. The largest absolute Gasteiger partial charge is 0.508 e. The van der Waals surface area contributed by atoms with Crippen LogP contribution in [0.25, 0.3) is 0 Å². The van der Waals surface area contributed by atoms with E-state index in [1.165, 1.54) is 48.1 Å². The number of ether oxygens (including phenoxy) is 1. The van der Waals surface area contributed by atoms with Crippen molar-refractivity contribution in [1.29, 1.82) is 0 Å². The number of benzene rings is 2. The van der Waals surface area contributed by atoms with Gasteiger partial charge in [-0.1, -0.05) is 51.2 Å². The summed E-state index contributed by atoms with van der Waals surface area (Å²) >= 11 is 0. The summed E-state index contributed by atoms with van der Waals surface area (Å²) in [4.78, 5) is 101. The standard InChI is InChI=1S/C50H75N9O10/c1-3-4-5-6-7-10-29-69-37-23-19-34(20-24-37)44(62)54-38-13-8-9-27-53-47(65)42-30-35(52)31-59(42)49(67)40(14-11-26-51)56-45(63)39(25-18-33-16-21-36(61)22-17-33)55-48(66)41-15-12-28-58(41)50(68)43(32(2)60)57-46(38)64/h16-17,19-24,32,35,38-43,60-61H,3-15,18,25-31,51-52H2,1-2H3,(H,53,65)(H,54,62)(H,55,66)(H,56,63)(H,57,64)/t32?,35?,38-,39-,40-,41-,42-,43-/m0/s1. The molecular formula is C50H75N9O10. The van der Waals surface area contributed by atoms with Crippen LogP contribution in [0.1, 0.15) is 126 Å². The van der Waals surface area contributed by atoms with Crippen molar-refractivity contribution in [3.05, 3.63) is 59.7 Å². The summed E-state index contributed by atoms with van der Waals surface area (Å²) in [5.74, 6) is -3.65. The fourth-order valence-corrected chi connectivity index (χ4v) is 9.14. The number of hydrogen-bond donors (Lipinski definition) is 9. The highest BCUT2D eigenvalue weighted by Crippen LogP contribution is 2.23. The monoisotopic (exact) mass is 962 g/mol. The predicted octanol–water partition coefficient (Wildman–Crippen LogP) is 1.66. The molecule has 3 fully saturated rings. The molecule has 8 atom stereocenters.